The highest BCUT2D eigenvalue weighted by Crippen LogP contribution is 2.20. The molecule has 0 aliphatic rings. The van der Waals surface area contributed by atoms with E-state index in [-0.39, 0.29) is 11.8 Å². The van der Waals surface area contributed by atoms with Gasteiger partial charge in [0.25, 0.3) is 0 Å². The van der Waals surface area contributed by atoms with Gasteiger partial charge in [-0.1, -0.05) is 25.1 Å². The van der Waals surface area contributed by atoms with E-state index in [1.54, 1.807) is 0 Å². The lowest BCUT2D eigenvalue weighted by molar-refractivity contribution is -0.120. The van der Waals surface area contributed by atoms with Gasteiger partial charge in [-0.2, -0.15) is 0 Å². The molecule has 1 aromatic carbocycles. The molecule has 0 aliphatic carbocycles. The van der Waals surface area contributed by atoms with E-state index in [0.29, 0.717) is 6.42 Å². The van der Waals surface area contributed by atoms with E-state index in [0.717, 1.165) is 11.1 Å². The molecule has 1 atom stereocenters. The molecule has 3 nitrogen and oxygen atoms in total. The first kappa shape index (κ1) is 10.6. The predicted octanol–water partition coefficient (Wildman–Crippen LogP) is 2.57. The first-order valence-electron chi connectivity index (χ1n) is 5.28. The maximum atomic E-state index is 11.3. The summed E-state index contributed by atoms with van der Waals surface area (Å²) in [5, 5.41) is 1.17. The molecule has 0 bridgehead atoms. The number of carbonyl (C=O) groups is 1. The number of aromatic amines is 1. The Morgan fingerprint density at radius 1 is 1.50 bits per heavy atom. The number of nitrogens with zero attached hydrogens (tertiary/aromatic N) is 1. The fraction of sp³-hybridized carbons (Fsp3) is 0.231. The SMILES string of the molecule is C=NC(=O)[C@@H](C)Cc1c[nH]c2ccccc12. The monoisotopic (exact) mass is 214 g/mol. The van der Waals surface area contributed by atoms with Crippen LogP contribution in [-0.4, -0.2) is 17.6 Å². The molecule has 0 spiro atoms. The van der Waals surface area contributed by atoms with Crippen LogP contribution in [-0.2, 0) is 11.2 Å². The highest BCUT2D eigenvalue weighted by Gasteiger charge is 2.13. The third-order valence-corrected chi connectivity index (χ3v) is 2.78. The van der Waals surface area contributed by atoms with E-state index in [1.165, 1.54) is 5.39 Å². The highest BCUT2D eigenvalue weighted by atomic mass is 16.1. The van der Waals surface area contributed by atoms with Crippen molar-refractivity contribution < 1.29 is 4.79 Å². The van der Waals surface area contributed by atoms with Crippen LogP contribution in [0.4, 0.5) is 0 Å². The van der Waals surface area contributed by atoms with Crippen LogP contribution < -0.4 is 0 Å². The molecule has 3 heteroatoms. The number of para-hydroxylation sites is 1. The number of rotatable bonds is 3. The summed E-state index contributed by atoms with van der Waals surface area (Å²) in [6.07, 6.45) is 2.65. The molecule has 1 N–H and O–H groups in total. The van der Waals surface area contributed by atoms with Gasteiger partial charge in [0.2, 0.25) is 5.91 Å². The van der Waals surface area contributed by atoms with Crippen molar-refractivity contribution in [1.29, 1.82) is 0 Å². The number of carbonyl (C=O) groups excluding carboxylic acids is 1. The lowest BCUT2D eigenvalue weighted by Crippen LogP contribution is -2.10. The quantitative estimate of drug-likeness (QED) is 0.784. The molecule has 2 rings (SSSR count). The fourth-order valence-electron chi connectivity index (χ4n) is 1.87. The number of amides is 1. The minimum atomic E-state index is -0.148. The standard InChI is InChI=1S/C13H14N2O/c1-9(13(16)14-2)7-10-8-15-12-6-4-3-5-11(10)12/h3-6,8-9,15H,2,7H2,1H3/t9-/m0/s1. The van der Waals surface area contributed by atoms with E-state index in [9.17, 15) is 4.79 Å². The normalized spacial score (nSPS) is 12.6. The summed E-state index contributed by atoms with van der Waals surface area (Å²) >= 11 is 0. The average molecular weight is 214 g/mol. The third-order valence-electron chi connectivity index (χ3n) is 2.78. The predicted molar refractivity (Wildman–Crippen MR) is 65.7 cm³/mol. The van der Waals surface area contributed by atoms with Crippen LogP contribution in [0.5, 0.6) is 0 Å². The summed E-state index contributed by atoms with van der Waals surface area (Å²) in [6.45, 7) is 5.14. The Balaban J connectivity index is 2.28. The van der Waals surface area contributed by atoms with Crippen molar-refractivity contribution in [2.45, 2.75) is 13.3 Å². The van der Waals surface area contributed by atoms with Crippen molar-refractivity contribution in [3.8, 4) is 0 Å². The molecule has 1 amide bonds. The number of nitrogens with one attached hydrogen (secondary N) is 1. The van der Waals surface area contributed by atoms with Gasteiger partial charge in [0.15, 0.2) is 0 Å². The van der Waals surface area contributed by atoms with Gasteiger partial charge in [-0.05, 0) is 24.8 Å². The molecule has 1 heterocycles. The van der Waals surface area contributed by atoms with Crippen LogP contribution in [0.25, 0.3) is 10.9 Å². The zero-order valence-electron chi connectivity index (χ0n) is 9.23. The van der Waals surface area contributed by atoms with E-state index >= 15 is 0 Å². The van der Waals surface area contributed by atoms with Crippen LogP contribution >= 0.6 is 0 Å². The zero-order chi connectivity index (χ0) is 11.5. The van der Waals surface area contributed by atoms with Crippen LogP contribution in [0.1, 0.15) is 12.5 Å². The highest BCUT2D eigenvalue weighted by molar-refractivity contribution is 5.86. The summed E-state index contributed by atoms with van der Waals surface area (Å²) < 4.78 is 0. The van der Waals surface area contributed by atoms with Crippen molar-refractivity contribution in [3.63, 3.8) is 0 Å². The third kappa shape index (κ3) is 1.89. The summed E-state index contributed by atoms with van der Waals surface area (Å²) in [6, 6.07) is 8.07. The molecule has 0 unspecified atom stereocenters. The topological polar surface area (TPSA) is 45.2 Å². The zero-order valence-corrected chi connectivity index (χ0v) is 9.23. The van der Waals surface area contributed by atoms with Gasteiger partial charge in [-0.15, -0.1) is 0 Å². The van der Waals surface area contributed by atoms with E-state index < -0.39 is 0 Å². The van der Waals surface area contributed by atoms with Crippen molar-refractivity contribution in [1.82, 2.24) is 4.98 Å². The second-order valence-electron chi connectivity index (χ2n) is 3.96. The van der Waals surface area contributed by atoms with Crippen LogP contribution in [0.3, 0.4) is 0 Å². The van der Waals surface area contributed by atoms with E-state index in [2.05, 4.69) is 22.8 Å². The van der Waals surface area contributed by atoms with Gasteiger partial charge >= 0.3 is 0 Å². The first-order chi connectivity index (χ1) is 7.72. The van der Waals surface area contributed by atoms with Crippen molar-refractivity contribution >= 4 is 23.5 Å². The van der Waals surface area contributed by atoms with Crippen molar-refractivity contribution in [3.05, 3.63) is 36.0 Å². The van der Waals surface area contributed by atoms with Crippen LogP contribution in [0.15, 0.2) is 35.5 Å². The molecule has 0 saturated carbocycles. The maximum Gasteiger partial charge on any atom is 0.248 e. The molecule has 0 aliphatic heterocycles. The summed E-state index contributed by atoms with van der Waals surface area (Å²) in [5.74, 6) is -0.262. The Hall–Kier alpha value is -1.90. The number of benzene rings is 1. The molecule has 0 radical (unpaired) electrons. The number of hydrogen-bond donors (Lipinski definition) is 1. The smallest absolute Gasteiger partial charge is 0.248 e. The number of fused-ring (bicyclic) bond motifs is 1. The molecular formula is C13H14N2O. The van der Waals surface area contributed by atoms with Crippen LogP contribution in [0.2, 0.25) is 0 Å². The summed E-state index contributed by atoms with van der Waals surface area (Å²) in [7, 11) is 0. The molecule has 0 fully saturated rings. The van der Waals surface area contributed by atoms with Gasteiger partial charge in [-0.25, -0.2) is 4.99 Å². The van der Waals surface area contributed by atoms with Gasteiger partial charge < -0.3 is 4.98 Å². The van der Waals surface area contributed by atoms with E-state index in [4.69, 9.17) is 0 Å². The Morgan fingerprint density at radius 3 is 3.00 bits per heavy atom. The molecule has 0 saturated heterocycles. The Morgan fingerprint density at radius 2 is 2.25 bits per heavy atom. The molecule has 16 heavy (non-hydrogen) atoms. The lowest BCUT2D eigenvalue weighted by atomic mass is 10.0. The minimum Gasteiger partial charge on any atom is -0.361 e. The number of aliphatic imine (C=N–C) groups is 1. The molecular weight excluding hydrogens is 200 g/mol. The maximum absolute atomic E-state index is 11.3. The van der Waals surface area contributed by atoms with Gasteiger partial charge in [0.1, 0.15) is 0 Å². The van der Waals surface area contributed by atoms with Crippen molar-refractivity contribution in [2.24, 2.45) is 10.9 Å². The molecule has 82 valence electrons. The van der Waals surface area contributed by atoms with Crippen LogP contribution in [0, 0.1) is 5.92 Å². The van der Waals surface area contributed by atoms with E-state index in [1.807, 2.05) is 31.3 Å². The van der Waals surface area contributed by atoms with Gasteiger partial charge in [-0.3, -0.25) is 4.79 Å². The number of H-pyrrole nitrogens is 1. The van der Waals surface area contributed by atoms with Gasteiger partial charge in [0.05, 0.1) is 0 Å². The number of aromatic nitrogens is 1. The largest absolute Gasteiger partial charge is 0.361 e. The molecule has 1 aromatic heterocycles. The fourth-order valence-corrected chi connectivity index (χ4v) is 1.87. The second kappa shape index (κ2) is 4.31. The minimum absolute atomic E-state index is 0.114. The Kier molecular flexibility index (Phi) is 2.86. The summed E-state index contributed by atoms with van der Waals surface area (Å²) in [4.78, 5) is 18.0. The Labute approximate surface area is 94.2 Å². The lowest BCUT2D eigenvalue weighted by Gasteiger charge is -2.05. The average Bonchev–Trinajstić information content (AvgIpc) is 2.72. The first-order valence-corrected chi connectivity index (χ1v) is 5.28. The second-order valence-corrected chi connectivity index (χ2v) is 3.96. The van der Waals surface area contributed by atoms with Crippen molar-refractivity contribution in [2.75, 3.05) is 0 Å². The summed E-state index contributed by atoms with van der Waals surface area (Å²) in [5.41, 5.74) is 2.25. The Bertz CT molecular complexity index is 527. The molecule has 2 aromatic rings. The number of hydrogen-bond acceptors (Lipinski definition) is 1. The van der Waals surface area contributed by atoms with Gasteiger partial charge in [0, 0.05) is 23.0 Å².